The Bertz CT molecular complexity index is 1210. The number of aliphatic hydroxyl groups is 2. The lowest BCUT2D eigenvalue weighted by atomic mass is 9.44. The minimum absolute atomic E-state index is 0.172. The van der Waals surface area contributed by atoms with E-state index in [0.717, 1.165) is 29.4 Å². The molecule has 0 unspecified atom stereocenters. The van der Waals surface area contributed by atoms with Gasteiger partial charge in [-0.15, -0.1) is 0 Å². The summed E-state index contributed by atoms with van der Waals surface area (Å²) in [5.41, 5.74) is 0.534. The first-order chi connectivity index (χ1) is 17.1. The van der Waals surface area contributed by atoms with Gasteiger partial charge in [-0.1, -0.05) is 52.3 Å². The number of aldehydes is 1. The van der Waals surface area contributed by atoms with Gasteiger partial charge >= 0.3 is 5.97 Å². The van der Waals surface area contributed by atoms with Gasteiger partial charge in [-0.05, 0) is 61.9 Å². The lowest BCUT2D eigenvalue weighted by Crippen LogP contribution is -2.57. The molecule has 6 aliphatic rings. The minimum atomic E-state index is -1.02. The number of esters is 1. The van der Waals surface area contributed by atoms with Crippen LogP contribution < -0.4 is 0 Å². The van der Waals surface area contributed by atoms with E-state index in [1.165, 1.54) is 0 Å². The largest absolute Gasteiger partial charge is 0.426 e. The fraction of sp³-hybridized carbons (Fsp3) is 0.742. The van der Waals surface area contributed by atoms with E-state index in [1.54, 1.807) is 6.92 Å². The second-order valence-electron chi connectivity index (χ2n) is 14.3. The molecule has 0 bridgehead atoms. The third-order valence-corrected chi connectivity index (χ3v) is 12.7. The zero-order chi connectivity index (χ0) is 27.1. The monoisotopic (exact) mass is 510 g/mol. The maximum absolute atomic E-state index is 13.5. The summed E-state index contributed by atoms with van der Waals surface area (Å²) >= 11 is 0. The fourth-order valence-electron chi connectivity index (χ4n) is 10.1. The molecule has 2 aliphatic heterocycles. The predicted octanol–water partition coefficient (Wildman–Crippen LogP) is 4.65. The van der Waals surface area contributed by atoms with Crippen LogP contribution in [0.3, 0.4) is 0 Å². The van der Waals surface area contributed by atoms with Crippen molar-refractivity contribution >= 4 is 12.3 Å². The third kappa shape index (κ3) is 2.55. The van der Waals surface area contributed by atoms with Crippen molar-refractivity contribution in [2.45, 2.75) is 105 Å². The second-order valence-corrected chi connectivity index (χ2v) is 14.3. The summed E-state index contributed by atoms with van der Waals surface area (Å²) in [5, 5.41) is 22.4. The first kappa shape index (κ1) is 25.5. The highest BCUT2D eigenvalue weighted by atomic mass is 16.7. The molecule has 202 valence electrons. The van der Waals surface area contributed by atoms with E-state index in [1.807, 2.05) is 20.8 Å². The molecule has 2 N–H and O–H groups in total. The van der Waals surface area contributed by atoms with E-state index in [0.29, 0.717) is 18.4 Å². The first-order valence-electron chi connectivity index (χ1n) is 13.9. The van der Waals surface area contributed by atoms with Gasteiger partial charge in [0.05, 0.1) is 23.7 Å². The lowest BCUT2D eigenvalue weighted by molar-refractivity contribution is -0.262. The van der Waals surface area contributed by atoms with E-state index in [4.69, 9.17) is 9.47 Å². The van der Waals surface area contributed by atoms with Crippen LogP contribution in [0.1, 0.15) is 81.1 Å². The summed E-state index contributed by atoms with van der Waals surface area (Å²) in [7, 11) is 0. The molecule has 1 saturated heterocycles. The molecule has 6 heteroatoms. The fourth-order valence-corrected chi connectivity index (χ4v) is 10.1. The molecular weight excluding hydrogens is 468 g/mol. The van der Waals surface area contributed by atoms with Crippen molar-refractivity contribution in [3.8, 4) is 0 Å². The van der Waals surface area contributed by atoms with Crippen molar-refractivity contribution in [2.24, 2.45) is 38.9 Å². The Morgan fingerprint density at radius 3 is 2.30 bits per heavy atom. The highest BCUT2D eigenvalue weighted by Gasteiger charge is 2.76. The average molecular weight is 511 g/mol. The Morgan fingerprint density at radius 2 is 1.70 bits per heavy atom. The molecule has 0 aromatic rings. The quantitative estimate of drug-likeness (QED) is 0.303. The summed E-state index contributed by atoms with van der Waals surface area (Å²) < 4.78 is 12.7. The smallest absolute Gasteiger partial charge is 0.336 e. The average Bonchev–Trinajstić information content (AvgIpc) is 3.32. The number of aliphatic hydroxyl groups excluding tert-OH is 2. The Morgan fingerprint density at radius 1 is 1.03 bits per heavy atom. The van der Waals surface area contributed by atoms with Gasteiger partial charge in [0.2, 0.25) is 5.79 Å². The maximum Gasteiger partial charge on any atom is 0.336 e. The van der Waals surface area contributed by atoms with Crippen molar-refractivity contribution in [3.05, 3.63) is 34.4 Å². The maximum atomic E-state index is 13.5. The molecule has 0 amide bonds. The summed E-state index contributed by atoms with van der Waals surface area (Å²) in [4.78, 5) is 26.0. The number of carbonyl (C=O) groups is 2. The molecule has 6 rings (SSSR count). The standard InChI is InChI=1S/C31H42O6/c1-16-12-31(18(3)17(2)25(35)37-31)36-19-13-28(7)27(6,24(16)19)10-9-20-29(8)21(14-30(20,28)15-32)26(4,5)22(33)11-23(29)34/h9,14-16,19,22-24,33-34H,10-13H2,1-8H3/t16-,19+,22-,23-,24+,27-,28-,29-,30+,31-/m1/s1. The van der Waals surface area contributed by atoms with E-state index >= 15 is 0 Å². The molecule has 2 heterocycles. The summed E-state index contributed by atoms with van der Waals surface area (Å²) in [5.74, 6) is -0.934. The minimum Gasteiger partial charge on any atom is -0.426 e. The van der Waals surface area contributed by atoms with Gasteiger partial charge in [0.1, 0.15) is 6.29 Å². The predicted molar refractivity (Wildman–Crippen MR) is 138 cm³/mol. The highest BCUT2D eigenvalue weighted by Crippen LogP contribution is 2.78. The number of hydrogen-bond acceptors (Lipinski definition) is 6. The zero-order valence-corrected chi connectivity index (χ0v) is 23.5. The van der Waals surface area contributed by atoms with Crippen LogP contribution in [0.15, 0.2) is 34.4 Å². The number of hydrogen-bond donors (Lipinski definition) is 2. The molecule has 0 aromatic carbocycles. The van der Waals surface area contributed by atoms with Crippen molar-refractivity contribution in [3.63, 3.8) is 0 Å². The molecule has 37 heavy (non-hydrogen) atoms. The molecule has 3 fully saturated rings. The van der Waals surface area contributed by atoms with Gasteiger partial charge in [0.25, 0.3) is 0 Å². The molecule has 10 atom stereocenters. The number of ether oxygens (including phenoxy) is 2. The van der Waals surface area contributed by atoms with Crippen molar-refractivity contribution < 1.29 is 29.3 Å². The van der Waals surface area contributed by atoms with Crippen LogP contribution in [0.25, 0.3) is 0 Å². The van der Waals surface area contributed by atoms with Crippen LogP contribution in [-0.2, 0) is 19.1 Å². The molecule has 4 aliphatic carbocycles. The van der Waals surface area contributed by atoms with Crippen molar-refractivity contribution in [2.75, 3.05) is 0 Å². The Labute approximate surface area is 220 Å². The van der Waals surface area contributed by atoms with Gasteiger partial charge in [-0.3, -0.25) is 0 Å². The van der Waals surface area contributed by atoms with Crippen LogP contribution in [0.5, 0.6) is 0 Å². The van der Waals surface area contributed by atoms with E-state index in [2.05, 4.69) is 39.8 Å². The first-order valence-corrected chi connectivity index (χ1v) is 13.9. The van der Waals surface area contributed by atoms with Gasteiger partial charge < -0.3 is 24.5 Å². The van der Waals surface area contributed by atoms with Crippen LogP contribution in [0.2, 0.25) is 0 Å². The van der Waals surface area contributed by atoms with E-state index in [9.17, 15) is 19.8 Å². The second kappa shape index (κ2) is 7.05. The van der Waals surface area contributed by atoms with E-state index < -0.39 is 39.7 Å². The summed E-state index contributed by atoms with van der Waals surface area (Å²) in [6.07, 6.45) is 6.18. The molecule has 0 radical (unpaired) electrons. The molecule has 0 aromatic heterocycles. The van der Waals surface area contributed by atoms with Crippen LogP contribution in [0, 0.1) is 38.9 Å². The Balaban J connectivity index is 1.51. The number of allylic oxidation sites excluding steroid dienone is 2. The van der Waals surface area contributed by atoms with Crippen molar-refractivity contribution in [1.29, 1.82) is 0 Å². The van der Waals surface area contributed by atoms with Gasteiger partial charge in [-0.2, -0.15) is 0 Å². The third-order valence-electron chi connectivity index (χ3n) is 12.7. The molecule has 1 spiro atoms. The number of carbonyl (C=O) groups excluding carboxylic acids is 2. The summed E-state index contributed by atoms with van der Waals surface area (Å²) in [6, 6.07) is 0. The summed E-state index contributed by atoms with van der Waals surface area (Å²) in [6.45, 7) is 16.6. The molecule has 2 saturated carbocycles. The highest BCUT2D eigenvalue weighted by molar-refractivity contribution is 5.92. The van der Waals surface area contributed by atoms with Gasteiger partial charge in [0.15, 0.2) is 0 Å². The van der Waals surface area contributed by atoms with E-state index in [-0.39, 0.29) is 35.7 Å². The number of rotatable bonds is 1. The van der Waals surface area contributed by atoms with Gasteiger partial charge in [0, 0.05) is 34.8 Å². The Kier molecular flexibility index (Phi) is 4.86. The van der Waals surface area contributed by atoms with Crippen LogP contribution >= 0.6 is 0 Å². The topological polar surface area (TPSA) is 93.1 Å². The van der Waals surface area contributed by atoms with Crippen LogP contribution in [0.4, 0.5) is 0 Å². The normalized spacial score (nSPS) is 53.7. The zero-order valence-electron chi connectivity index (χ0n) is 23.5. The lowest BCUT2D eigenvalue weighted by Gasteiger charge is -2.58. The SMILES string of the molecule is CC1=C(C)[C@@]2(C[C@@H](C)[C@H]3[C@H](C[C@@]4(C)[C@]5(C=O)C=C6C(C)(C)[C@H](O)C[C@@H](O)[C@]6(C)C5=CC[C@]34C)O2)OC1=O. The van der Waals surface area contributed by atoms with Crippen molar-refractivity contribution in [1.82, 2.24) is 0 Å². The molecule has 6 nitrogen and oxygen atoms in total. The molecular formula is C31H42O6. The Hall–Kier alpha value is -1.76. The van der Waals surface area contributed by atoms with Crippen LogP contribution in [-0.4, -0.2) is 46.6 Å². The van der Waals surface area contributed by atoms with Gasteiger partial charge in [-0.25, -0.2) is 4.79 Å². The number of fused-ring (bicyclic) bond motifs is 7.